The molecular formula is C7H15O6Y-. The van der Waals surface area contributed by atoms with Crippen molar-refractivity contribution < 1.29 is 62.3 Å². The zero-order chi connectivity index (χ0) is 10.4. The second-order valence-corrected chi connectivity index (χ2v) is 1.76. The minimum Gasteiger partial charge on any atom is -0.665 e. The van der Waals surface area contributed by atoms with Crippen LogP contribution in [-0.4, -0.2) is 61.4 Å². The minimum atomic E-state index is 0. The number of aliphatic hydroxyl groups is 2. The molecule has 0 bridgehead atoms. The predicted octanol–water partition coefficient (Wildman–Crippen LogP) is -1.39. The van der Waals surface area contributed by atoms with Crippen LogP contribution >= 0.6 is 0 Å². The van der Waals surface area contributed by atoms with E-state index in [2.05, 4.69) is 0 Å². The van der Waals surface area contributed by atoms with Gasteiger partial charge in [0.25, 0.3) is 0 Å². The van der Waals surface area contributed by atoms with E-state index in [1.807, 2.05) is 0 Å². The Bertz CT molecular complexity index is 84.2. The van der Waals surface area contributed by atoms with Crippen LogP contribution in [0, 0.1) is 0 Å². The summed E-state index contributed by atoms with van der Waals surface area (Å²) >= 11 is 0. The normalized spacial score (nSPS) is 8.14. The van der Waals surface area contributed by atoms with Gasteiger partial charge in [-0.25, -0.2) is 0 Å². The molecule has 0 rings (SSSR count). The fourth-order valence-electron chi connectivity index (χ4n) is 0.451. The Morgan fingerprint density at radius 3 is 1.43 bits per heavy atom. The number of hydrogen-bond donors (Lipinski definition) is 3. The second kappa shape index (κ2) is 23.3. The van der Waals surface area contributed by atoms with Gasteiger partial charge in [0.2, 0.25) is 0 Å². The van der Waals surface area contributed by atoms with E-state index in [1.165, 1.54) is 0 Å². The van der Waals surface area contributed by atoms with Gasteiger partial charge in [-0.2, -0.15) is 0 Å². The van der Waals surface area contributed by atoms with Crippen LogP contribution < -0.4 is 0 Å². The molecule has 7 heteroatoms. The van der Waals surface area contributed by atoms with Gasteiger partial charge in [0, 0.05) is 32.7 Å². The number of rotatable bonds is 7. The van der Waals surface area contributed by atoms with Gasteiger partial charge in [0.15, 0.2) is 0 Å². The average Bonchev–Trinajstić information content (AvgIpc) is 2.13. The van der Waals surface area contributed by atoms with Crippen LogP contribution in [0.15, 0.2) is 0 Å². The van der Waals surface area contributed by atoms with E-state index in [-0.39, 0.29) is 45.9 Å². The molecule has 0 aromatic rings. The molecule has 0 atom stereocenters. The third kappa shape index (κ3) is 29.4. The van der Waals surface area contributed by atoms with Crippen molar-refractivity contribution in [2.24, 2.45) is 0 Å². The Hall–Kier alpha value is 0.414. The first-order valence-electron chi connectivity index (χ1n) is 3.71. The first-order valence-corrected chi connectivity index (χ1v) is 3.71. The van der Waals surface area contributed by atoms with Crippen molar-refractivity contribution in [3.8, 4) is 0 Å². The molecule has 0 aromatic carbocycles. The van der Waals surface area contributed by atoms with Crippen molar-refractivity contribution in [3.63, 3.8) is 0 Å². The minimum absolute atomic E-state index is 0. The summed E-state index contributed by atoms with van der Waals surface area (Å²) in [6.45, 7) is 2.23. The third-order valence-electron chi connectivity index (χ3n) is 0.843. The summed E-state index contributed by atoms with van der Waals surface area (Å²) < 4.78 is 9.75. The molecule has 0 saturated carbocycles. The van der Waals surface area contributed by atoms with Crippen LogP contribution in [0.4, 0.5) is 0 Å². The summed E-state index contributed by atoms with van der Waals surface area (Å²) in [6.07, 6.45) is 0. The maximum absolute atomic E-state index is 8.26. The van der Waals surface area contributed by atoms with E-state index in [0.29, 0.717) is 32.9 Å². The van der Waals surface area contributed by atoms with E-state index in [0.717, 1.165) is 0 Å². The van der Waals surface area contributed by atoms with E-state index in [4.69, 9.17) is 29.6 Å². The Balaban J connectivity index is -0.000000267. The molecule has 0 spiro atoms. The molecule has 0 heterocycles. The van der Waals surface area contributed by atoms with Crippen molar-refractivity contribution in [3.05, 3.63) is 0 Å². The number of ether oxygens (including phenoxy) is 2. The number of hydrogen-bond acceptors (Lipinski definition) is 5. The van der Waals surface area contributed by atoms with Gasteiger partial charge >= 0.3 is 0 Å². The van der Waals surface area contributed by atoms with Gasteiger partial charge < -0.3 is 29.6 Å². The van der Waals surface area contributed by atoms with Gasteiger partial charge in [0.1, 0.15) is 0 Å². The van der Waals surface area contributed by atoms with Crippen molar-refractivity contribution in [2.75, 3.05) is 39.6 Å². The SMILES string of the molecule is O=[C-]O.OCCOCCOCCO.[Y]. The molecular weight excluding hydrogens is 269 g/mol. The van der Waals surface area contributed by atoms with Crippen molar-refractivity contribution >= 4 is 6.47 Å². The van der Waals surface area contributed by atoms with Crippen LogP contribution in [0.1, 0.15) is 0 Å². The zero-order valence-electron chi connectivity index (χ0n) is 7.89. The molecule has 0 aromatic heterocycles. The maximum atomic E-state index is 8.26. The van der Waals surface area contributed by atoms with Gasteiger partial charge in [-0.1, -0.05) is 6.47 Å². The molecule has 83 valence electrons. The number of aliphatic hydroxyl groups excluding tert-OH is 3. The monoisotopic (exact) mass is 284 g/mol. The van der Waals surface area contributed by atoms with E-state index in [9.17, 15) is 0 Å². The quantitative estimate of drug-likeness (QED) is 0.393. The Kier molecular flexibility index (Phi) is 33.2. The molecule has 3 N–H and O–H groups in total. The topological polar surface area (TPSA) is 96.2 Å². The molecule has 0 amide bonds. The Labute approximate surface area is 108 Å². The van der Waals surface area contributed by atoms with Crippen LogP contribution in [-0.2, 0) is 47.0 Å². The standard InChI is InChI=1S/C6H14O4.CHO2.Y/c7-1-3-9-5-6-10-4-2-8;2-1-3;/h7-8H,1-6H2;(H,2,3);/q;-1;. The van der Waals surface area contributed by atoms with Crippen molar-refractivity contribution in [1.29, 1.82) is 0 Å². The van der Waals surface area contributed by atoms with Crippen LogP contribution in [0.2, 0.25) is 0 Å². The van der Waals surface area contributed by atoms with E-state index in [1.54, 1.807) is 0 Å². The largest absolute Gasteiger partial charge is 0.665 e. The van der Waals surface area contributed by atoms with Gasteiger partial charge in [0.05, 0.1) is 39.6 Å². The molecule has 0 aliphatic rings. The molecule has 0 aliphatic heterocycles. The molecule has 0 fully saturated rings. The maximum Gasteiger partial charge on any atom is 0.0701 e. The summed E-state index contributed by atoms with van der Waals surface area (Å²) in [5.74, 6) is 0. The smallest absolute Gasteiger partial charge is 0.0701 e. The van der Waals surface area contributed by atoms with Crippen LogP contribution in [0.5, 0.6) is 0 Å². The molecule has 0 unspecified atom stereocenters. The fraction of sp³-hybridized carbons (Fsp3) is 0.857. The molecule has 14 heavy (non-hydrogen) atoms. The van der Waals surface area contributed by atoms with Gasteiger partial charge in [-0.3, -0.25) is 0 Å². The molecule has 0 aliphatic carbocycles. The van der Waals surface area contributed by atoms with Crippen molar-refractivity contribution in [1.82, 2.24) is 0 Å². The molecule has 1 radical (unpaired) electrons. The van der Waals surface area contributed by atoms with Crippen molar-refractivity contribution in [2.45, 2.75) is 0 Å². The Morgan fingerprint density at radius 1 is 0.929 bits per heavy atom. The van der Waals surface area contributed by atoms with E-state index < -0.39 is 0 Å². The molecule has 0 saturated heterocycles. The van der Waals surface area contributed by atoms with Crippen LogP contribution in [0.3, 0.4) is 0 Å². The first kappa shape index (κ1) is 19.9. The average molecular weight is 284 g/mol. The fourth-order valence-corrected chi connectivity index (χ4v) is 0.451. The van der Waals surface area contributed by atoms with Crippen LogP contribution in [0.25, 0.3) is 0 Å². The zero-order valence-corrected chi connectivity index (χ0v) is 10.7. The van der Waals surface area contributed by atoms with Gasteiger partial charge in [-0.15, -0.1) is 0 Å². The Morgan fingerprint density at radius 2 is 1.21 bits per heavy atom. The third-order valence-corrected chi connectivity index (χ3v) is 0.843. The predicted molar refractivity (Wildman–Crippen MR) is 44.1 cm³/mol. The summed E-state index contributed by atoms with van der Waals surface area (Å²) in [7, 11) is 0. The molecule has 6 nitrogen and oxygen atoms in total. The summed E-state index contributed by atoms with van der Waals surface area (Å²) in [5, 5.41) is 23.3. The summed E-state index contributed by atoms with van der Waals surface area (Å²) in [5.41, 5.74) is 0. The summed E-state index contributed by atoms with van der Waals surface area (Å²) in [4.78, 5) is 8.24. The summed E-state index contributed by atoms with van der Waals surface area (Å²) in [6, 6.07) is 0. The first-order chi connectivity index (χ1) is 6.33. The second-order valence-electron chi connectivity index (χ2n) is 1.76. The van der Waals surface area contributed by atoms with E-state index >= 15 is 0 Å². The van der Waals surface area contributed by atoms with Gasteiger partial charge in [-0.05, 0) is 0 Å².